The Labute approximate surface area is 121 Å². The van der Waals surface area contributed by atoms with Gasteiger partial charge in [0.05, 0.1) is 11.1 Å². The Bertz CT molecular complexity index is 712. The number of nitrogens with zero attached hydrogens (tertiary/aromatic N) is 1. The Balaban J connectivity index is 2.81. The molecule has 0 aliphatic heterocycles. The molecule has 0 saturated heterocycles. The number of anilines is 1. The van der Waals surface area contributed by atoms with Gasteiger partial charge in [-0.05, 0) is 29.0 Å². The minimum Gasteiger partial charge on any atom is -0.378 e. The molecule has 0 heterocycles. The van der Waals surface area contributed by atoms with Gasteiger partial charge in [0.15, 0.2) is 0 Å². The van der Waals surface area contributed by atoms with E-state index in [0.717, 1.165) is 11.1 Å². The second kappa shape index (κ2) is 5.78. The largest absolute Gasteiger partial charge is 0.378 e. The Morgan fingerprint density at radius 1 is 1.00 bits per heavy atom. The van der Waals surface area contributed by atoms with Gasteiger partial charge in [0.25, 0.3) is 11.8 Å². The van der Waals surface area contributed by atoms with Crippen molar-refractivity contribution in [2.75, 3.05) is 19.0 Å². The zero-order valence-corrected chi connectivity index (χ0v) is 11.8. The van der Waals surface area contributed by atoms with E-state index in [1.807, 2.05) is 42.6 Å². The third kappa shape index (κ3) is 2.64. The molecule has 0 aromatic heterocycles. The highest BCUT2D eigenvalue weighted by Crippen LogP contribution is 2.27. The van der Waals surface area contributed by atoms with E-state index in [-0.39, 0.29) is 11.1 Å². The minimum absolute atomic E-state index is 0.170. The normalized spacial score (nSPS) is 10.3. The van der Waals surface area contributed by atoms with Crippen molar-refractivity contribution in [3.63, 3.8) is 0 Å². The van der Waals surface area contributed by atoms with Crippen LogP contribution in [0, 0.1) is 0 Å². The van der Waals surface area contributed by atoms with Crippen molar-refractivity contribution in [3.05, 3.63) is 41.5 Å². The van der Waals surface area contributed by atoms with Gasteiger partial charge in [0.1, 0.15) is 0 Å². The molecule has 0 aliphatic carbocycles. The summed E-state index contributed by atoms with van der Waals surface area (Å²) >= 11 is 0. The number of nitrogen functional groups attached to an aromatic ring is 2. The maximum absolute atomic E-state index is 12.1. The fourth-order valence-corrected chi connectivity index (χ4v) is 2.17. The summed E-state index contributed by atoms with van der Waals surface area (Å²) in [5, 5.41) is 1.46. The lowest BCUT2D eigenvalue weighted by atomic mass is 9.97. The summed E-state index contributed by atoms with van der Waals surface area (Å²) in [5.74, 6) is 9.30. The van der Waals surface area contributed by atoms with Crippen LogP contribution in [-0.2, 0) is 0 Å². The third-order valence-electron chi connectivity index (χ3n) is 3.26. The maximum atomic E-state index is 12.1. The maximum Gasteiger partial charge on any atom is 0.266 e. The van der Waals surface area contributed by atoms with Crippen molar-refractivity contribution in [2.24, 2.45) is 11.7 Å². The van der Waals surface area contributed by atoms with Gasteiger partial charge in [-0.1, -0.05) is 12.1 Å². The predicted molar refractivity (Wildman–Crippen MR) is 81.6 cm³/mol. The summed E-state index contributed by atoms with van der Waals surface area (Å²) in [6.07, 6.45) is 0. The van der Waals surface area contributed by atoms with Gasteiger partial charge < -0.3 is 4.90 Å². The van der Waals surface area contributed by atoms with Crippen molar-refractivity contribution in [2.45, 2.75) is 0 Å². The number of nitrogens with two attached hydrogens (primary N) is 2. The predicted octanol–water partition coefficient (Wildman–Crippen LogP) is 0.113. The van der Waals surface area contributed by atoms with Crippen LogP contribution in [0.3, 0.4) is 0 Å². The molecule has 2 rings (SSSR count). The fraction of sp³-hybridized carbons (Fsp3) is 0.143. The summed E-state index contributed by atoms with van der Waals surface area (Å²) in [5.41, 5.74) is 5.37. The Hall–Kier alpha value is -2.64. The molecule has 0 radical (unpaired) electrons. The summed E-state index contributed by atoms with van der Waals surface area (Å²) in [6, 6.07) is 8.93. The highest BCUT2D eigenvalue weighted by Gasteiger charge is 2.19. The molecule has 7 nitrogen and oxygen atoms in total. The van der Waals surface area contributed by atoms with E-state index in [1.54, 1.807) is 12.1 Å². The molecule has 110 valence electrons. The summed E-state index contributed by atoms with van der Waals surface area (Å²) in [4.78, 5) is 25.8. The van der Waals surface area contributed by atoms with Crippen LogP contribution in [0.5, 0.6) is 0 Å². The fourth-order valence-electron chi connectivity index (χ4n) is 2.17. The first-order chi connectivity index (χ1) is 9.99. The lowest BCUT2D eigenvalue weighted by Gasteiger charge is -2.16. The standard InChI is InChI=1S/C14H17N5O2/c1-19(2)9-5-3-8-4-6-10(13(20)17-15)12(11(8)7-9)14(21)18-16/h3-7H,15-16H2,1-2H3,(H,17,20)(H,18,21). The smallest absolute Gasteiger partial charge is 0.266 e. The van der Waals surface area contributed by atoms with Crippen molar-refractivity contribution in [1.29, 1.82) is 0 Å². The van der Waals surface area contributed by atoms with Crippen molar-refractivity contribution in [1.82, 2.24) is 10.9 Å². The number of amides is 2. The minimum atomic E-state index is -0.550. The number of hydrogen-bond donors (Lipinski definition) is 4. The van der Waals surface area contributed by atoms with Crippen LogP contribution in [0.15, 0.2) is 30.3 Å². The number of hydrogen-bond acceptors (Lipinski definition) is 5. The molecule has 0 atom stereocenters. The van der Waals surface area contributed by atoms with Gasteiger partial charge in [-0.25, -0.2) is 11.7 Å². The van der Waals surface area contributed by atoms with Crippen LogP contribution in [0.2, 0.25) is 0 Å². The first kappa shape index (κ1) is 14.8. The first-order valence-electron chi connectivity index (χ1n) is 6.25. The Kier molecular flexibility index (Phi) is 4.06. The van der Waals surface area contributed by atoms with Crippen LogP contribution in [0.25, 0.3) is 10.8 Å². The molecule has 7 heteroatoms. The number of benzene rings is 2. The van der Waals surface area contributed by atoms with Gasteiger partial charge in [0, 0.05) is 19.8 Å². The monoisotopic (exact) mass is 287 g/mol. The number of carbonyl (C=O) groups is 2. The third-order valence-corrected chi connectivity index (χ3v) is 3.26. The average Bonchev–Trinajstić information content (AvgIpc) is 2.51. The molecule has 0 unspecified atom stereocenters. The number of fused-ring (bicyclic) bond motifs is 1. The van der Waals surface area contributed by atoms with Gasteiger partial charge in [-0.15, -0.1) is 0 Å². The molecule has 2 aromatic rings. The number of carbonyl (C=O) groups excluding carboxylic acids is 2. The lowest BCUT2D eigenvalue weighted by Crippen LogP contribution is -2.35. The molecule has 21 heavy (non-hydrogen) atoms. The summed E-state index contributed by atoms with van der Waals surface area (Å²) < 4.78 is 0. The van der Waals surface area contributed by atoms with Crippen LogP contribution in [-0.4, -0.2) is 25.9 Å². The molecule has 0 saturated carbocycles. The van der Waals surface area contributed by atoms with E-state index in [0.29, 0.717) is 5.39 Å². The Morgan fingerprint density at radius 3 is 2.19 bits per heavy atom. The van der Waals surface area contributed by atoms with E-state index in [9.17, 15) is 9.59 Å². The molecule has 0 fully saturated rings. The zero-order chi connectivity index (χ0) is 15.6. The first-order valence-corrected chi connectivity index (χ1v) is 6.25. The molecular formula is C14H17N5O2. The van der Waals surface area contributed by atoms with Crippen molar-refractivity contribution < 1.29 is 9.59 Å². The second-order valence-electron chi connectivity index (χ2n) is 4.73. The SMILES string of the molecule is CN(C)c1ccc2ccc(C(=O)NN)c(C(=O)NN)c2c1. The van der Waals surface area contributed by atoms with Crippen LogP contribution < -0.4 is 27.4 Å². The Morgan fingerprint density at radius 2 is 1.62 bits per heavy atom. The topological polar surface area (TPSA) is 113 Å². The van der Waals surface area contributed by atoms with E-state index in [2.05, 4.69) is 5.43 Å². The van der Waals surface area contributed by atoms with E-state index in [4.69, 9.17) is 11.7 Å². The van der Waals surface area contributed by atoms with E-state index in [1.165, 1.54) is 0 Å². The summed E-state index contributed by atoms with van der Waals surface area (Å²) in [7, 11) is 3.78. The lowest BCUT2D eigenvalue weighted by molar-refractivity contribution is 0.0921. The van der Waals surface area contributed by atoms with Gasteiger partial charge in [-0.3, -0.25) is 20.4 Å². The van der Waals surface area contributed by atoms with Gasteiger partial charge in [0.2, 0.25) is 0 Å². The number of hydrazine groups is 2. The van der Waals surface area contributed by atoms with Crippen LogP contribution >= 0.6 is 0 Å². The van der Waals surface area contributed by atoms with E-state index >= 15 is 0 Å². The van der Waals surface area contributed by atoms with Crippen molar-refractivity contribution in [3.8, 4) is 0 Å². The second-order valence-corrected chi connectivity index (χ2v) is 4.73. The molecule has 0 aliphatic rings. The molecule has 6 N–H and O–H groups in total. The van der Waals surface area contributed by atoms with Crippen LogP contribution in [0.1, 0.15) is 20.7 Å². The number of rotatable bonds is 3. The highest BCUT2D eigenvalue weighted by atomic mass is 16.2. The zero-order valence-electron chi connectivity index (χ0n) is 11.8. The summed E-state index contributed by atoms with van der Waals surface area (Å²) in [6.45, 7) is 0. The highest BCUT2D eigenvalue weighted by molar-refractivity contribution is 6.15. The molecule has 2 amide bonds. The van der Waals surface area contributed by atoms with Crippen molar-refractivity contribution >= 4 is 28.3 Å². The molecule has 0 spiro atoms. The number of nitrogens with one attached hydrogen (secondary N) is 2. The average molecular weight is 287 g/mol. The van der Waals surface area contributed by atoms with Crippen LogP contribution in [0.4, 0.5) is 5.69 Å². The van der Waals surface area contributed by atoms with Gasteiger partial charge >= 0.3 is 0 Å². The molecule has 2 aromatic carbocycles. The quantitative estimate of drug-likeness (QED) is 0.363. The molecular weight excluding hydrogens is 270 g/mol. The van der Waals surface area contributed by atoms with E-state index < -0.39 is 11.8 Å². The van der Waals surface area contributed by atoms with Gasteiger partial charge in [-0.2, -0.15) is 0 Å². The molecule has 0 bridgehead atoms.